The molecule has 2 N–H and O–H groups in total. The van der Waals surface area contributed by atoms with Gasteiger partial charge in [-0.25, -0.2) is 4.98 Å². The molecule has 2 fully saturated rings. The van der Waals surface area contributed by atoms with E-state index in [0.29, 0.717) is 11.3 Å². The summed E-state index contributed by atoms with van der Waals surface area (Å²) in [5.41, 5.74) is 1.72. The monoisotopic (exact) mass is 343 g/mol. The van der Waals surface area contributed by atoms with Gasteiger partial charge in [0.1, 0.15) is 5.69 Å². The Morgan fingerprint density at radius 1 is 0.880 bits per heavy atom. The van der Waals surface area contributed by atoms with Crippen molar-refractivity contribution in [1.29, 1.82) is 0 Å². The van der Waals surface area contributed by atoms with Crippen molar-refractivity contribution >= 4 is 11.8 Å². The molecule has 5 heteroatoms. The number of pyridine rings is 1. The van der Waals surface area contributed by atoms with Gasteiger partial charge in [0, 0.05) is 18.3 Å². The number of carbonyl (C=O) groups is 2. The Hall–Kier alpha value is -1.91. The van der Waals surface area contributed by atoms with Gasteiger partial charge >= 0.3 is 0 Å². The van der Waals surface area contributed by atoms with E-state index in [0.717, 1.165) is 31.2 Å². The molecule has 2 aliphatic rings. The van der Waals surface area contributed by atoms with Crippen LogP contribution in [-0.4, -0.2) is 28.9 Å². The predicted molar refractivity (Wildman–Crippen MR) is 97.7 cm³/mol. The maximum atomic E-state index is 12.5. The van der Waals surface area contributed by atoms with E-state index >= 15 is 0 Å². The Kier molecular flexibility index (Phi) is 6.05. The second kappa shape index (κ2) is 8.45. The highest BCUT2D eigenvalue weighted by Gasteiger charge is 2.21. The maximum Gasteiger partial charge on any atom is 0.270 e. The predicted octanol–water partition coefficient (Wildman–Crippen LogP) is 3.52. The fourth-order valence-corrected chi connectivity index (χ4v) is 3.95. The van der Waals surface area contributed by atoms with Gasteiger partial charge in [-0.05, 0) is 44.2 Å². The third-order valence-corrected chi connectivity index (χ3v) is 5.44. The molecule has 5 nitrogen and oxygen atoms in total. The average Bonchev–Trinajstić information content (AvgIpc) is 2.63. The smallest absolute Gasteiger partial charge is 0.270 e. The zero-order valence-corrected chi connectivity index (χ0v) is 15.1. The van der Waals surface area contributed by atoms with Crippen LogP contribution in [0.15, 0.2) is 12.3 Å². The number of carbonyl (C=O) groups excluding carboxylic acids is 2. The van der Waals surface area contributed by atoms with Gasteiger partial charge in [0.25, 0.3) is 11.8 Å². The van der Waals surface area contributed by atoms with E-state index in [2.05, 4.69) is 15.6 Å². The summed E-state index contributed by atoms with van der Waals surface area (Å²) >= 11 is 0. The lowest BCUT2D eigenvalue weighted by Gasteiger charge is -2.23. The fraction of sp³-hybridized carbons (Fsp3) is 0.650. The van der Waals surface area contributed by atoms with Gasteiger partial charge in [-0.1, -0.05) is 38.5 Å². The molecule has 0 bridgehead atoms. The van der Waals surface area contributed by atoms with Crippen molar-refractivity contribution in [3.8, 4) is 0 Å². The van der Waals surface area contributed by atoms with Crippen LogP contribution in [0.1, 0.15) is 90.6 Å². The first-order valence-electron chi connectivity index (χ1n) is 9.72. The van der Waals surface area contributed by atoms with E-state index in [1.807, 2.05) is 6.92 Å². The highest BCUT2D eigenvalue weighted by atomic mass is 16.2. The topological polar surface area (TPSA) is 71.1 Å². The minimum absolute atomic E-state index is 0.0817. The van der Waals surface area contributed by atoms with Gasteiger partial charge in [0.2, 0.25) is 0 Å². The number of hydrogen-bond acceptors (Lipinski definition) is 3. The van der Waals surface area contributed by atoms with Crippen LogP contribution in [0.2, 0.25) is 0 Å². The van der Waals surface area contributed by atoms with E-state index in [9.17, 15) is 9.59 Å². The first kappa shape index (κ1) is 17.9. The van der Waals surface area contributed by atoms with Crippen molar-refractivity contribution < 1.29 is 9.59 Å². The Morgan fingerprint density at radius 3 is 1.92 bits per heavy atom. The van der Waals surface area contributed by atoms with Crippen LogP contribution < -0.4 is 10.6 Å². The Morgan fingerprint density at radius 2 is 1.40 bits per heavy atom. The Bertz CT molecular complexity index is 617. The van der Waals surface area contributed by atoms with E-state index in [4.69, 9.17) is 0 Å². The zero-order chi connectivity index (χ0) is 17.6. The van der Waals surface area contributed by atoms with E-state index in [1.54, 1.807) is 6.07 Å². The molecule has 136 valence electrons. The van der Waals surface area contributed by atoms with Crippen molar-refractivity contribution in [2.24, 2.45) is 0 Å². The number of nitrogens with zero attached hydrogens (tertiary/aromatic N) is 1. The Labute approximate surface area is 150 Å². The second-order valence-corrected chi connectivity index (χ2v) is 7.51. The second-order valence-electron chi connectivity index (χ2n) is 7.51. The molecule has 0 spiro atoms. The normalized spacial score (nSPS) is 19.4. The molecule has 1 heterocycles. The van der Waals surface area contributed by atoms with Crippen LogP contribution in [0.25, 0.3) is 0 Å². The molecule has 0 aliphatic heterocycles. The summed E-state index contributed by atoms with van der Waals surface area (Å²) in [6.07, 6.45) is 13.0. The summed E-state index contributed by atoms with van der Waals surface area (Å²) < 4.78 is 0. The quantitative estimate of drug-likeness (QED) is 0.879. The molecule has 2 amide bonds. The number of nitrogens with one attached hydrogen (secondary N) is 2. The molecular weight excluding hydrogens is 314 g/mol. The summed E-state index contributed by atoms with van der Waals surface area (Å²) in [5.74, 6) is -0.203. The molecule has 0 radical (unpaired) electrons. The number of aryl methyl sites for hydroxylation is 1. The highest BCUT2D eigenvalue weighted by Crippen LogP contribution is 2.19. The van der Waals surface area contributed by atoms with Gasteiger partial charge in [0.15, 0.2) is 0 Å². The lowest BCUT2D eigenvalue weighted by atomic mass is 9.95. The fourth-order valence-electron chi connectivity index (χ4n) is 3.95. The standard InChI is InChI=1S/C20H29N3O2/c1-14-12-15(19(24)22-16-8-4-2-5-9-16)13-21-18(14)20(25)23-17-10-6-3-7-11-17/h12-13,16-17H,2-11H2,1H3,(H,22,24)(H,23,25). The molecule has 0 aromatic carbocycles. The van der Waals surface area contributed by atoms with Crippen LogP contribution in [0.4, 0.5) is 0 Å². The van der Waals surface area contributed by atoms with Gasteiger partial charge in [-0.2, -0.15) is 0 Å². The minimum atomic E-state index is -0.122. The third-order valence-electron chi connectivity index (χ3n) is 5.44. The van der Waals surface area contributed by atoms with Crippen molar-refractivity contribution in [2.75, 3.05) is 0 Å². The van der Waals surface area contributed by atoms with Crippen molar-refractivity contribution in [1.82, 2.24) is 15.6 Å². The first-order chi connectivity index (χ1) is 12.1. The lowest BCUT2D eigenvalue weighted by molar-refractivity contribution is 0.0910. The summed E-state index contributed by atoms with van der Waals surface area (Å²) in [6, 6.07) is 2.31. The van der Waals surface area contributed by atoms with Crippen LogP contribution in [0.3, 0.4) is 0 Å². The van der Waals surface area contributed by atoms with Crippen molar-refractivity contribution in [3.63, 3.8) is 0 Å². The van der Waals surface area contributed by atoms with Gasteiger partial charge < -0.3 is 10.6 Å². The molecule has 25 heavy (non-hydrogen) atoms. The van der Waals surface area contributed by atoms with Crippen LogP contribution in [0.5, 0.6) is 0 Å². The molecular formula is C20H29N3O2. The average molecular weight is 343 g/mol. The van der Waals surface area contributed by atoms with E-state index < -0.39 is 0 Å². The Balaban J connectivity index is 1.61. The van der Waals surface area contributed by atoms with Gasteiger partial charge in [-0.15, -0.1) is 0 Å². The number of rotatable bonds is 4. The molecule has 3 rings (SSSR count). The van der Waals surface area contributed by atoms with Gasteiger partial charge in [0.05, 0.1) is 5.56 Å². The lowest BCUT2D eigenvalue weighted by Crippen LogP contribution is -2.37. The molecule has 0 unspecified atom stereocenters. The van der Waals surface area contributed by atoms with Crippen molar-refractivity contribution in [2.45, 2.75) is 83.2 Å². The van der Waals surface area contributed by atoms with E-state index in [-0.39, 0.29) is 23.9 Å². The van der Waals surface area contributed by atoms with Crippen molar-refractivity contribution in [3.05, 3.63) is 29.1 Å². The maximum absolute atomic E-state index is 12.5. The van der Waals surface area contributed by atoms with Crippen LogP contribution in [-0.2, 0) is 0 Å². The van der Waals surface area contributed by atoms with Crippen LogP contribution >= 0.6 is 0 Å². The van der Waals surface area contributed by atoms with Gasteiger partial charge in [-0.3, -0.25) is 9.59 Å². The molecule has 0 atom stereocenters. The molecule has 0 saturated heterocycles. The molecule has 1 aromatic rings. The SMILES string of the molecule is Cc1cc(C(=O)NC2CCCCC2)cnc1C(=O)NC1CCCCC1. The molecule has 2 saturated carbocycles. The summed E-state index contributed by atoms with van der Waals surface area (Å²) in [5, 5.41) is 6.19. The zero-order valence-electron chi connectivity index (χ0n) is 15.1. The first-order valence-corrected chi connectivity index (χ1v) is 9.72. The number of aromatic nitrogens is 1. The third kappa shape index (κ3) is 4.80. The molecule has 2 aliphatic carbocycles. The summed E-state index contributed by atoms with van der Waals surface area (Å²) in [7, 11) is 0. The minimum Gasteiger partial charge on any atom is -0.349 e. The molecule has 1 aromatic heterocycles. The number of hydrogen-bond donors (Lipinski definition) is 2. The van der Waals surface area contributed by atoms with Crippen LogP contribution in [0, 0.1) is 6.92 Å². The largest absolute Gasteiger partial charge is 0.349 e. The van der Waals surface area contributed by atoms with E-state index in [1.165, 1.54) is 44.7 Å². The highest BCUT2D eigenvalue weighted by molar-refractivity contribution is 5.97. The number of amides is 2. The summed E-state index contributed by atoms with van der Waals surface area (Å²) in [4.78, 5) is 29.2. The summed E-state index contributed by atoms with van der Waals surface area (Å²) in [6.45, 7) is 1.85.